The average Bonchev–Trinajstić information content (AvgIpc) is 2.67. The zero-order valence-electron chi connectivity index (χ0n) is 9.86. The molecule has 1 aliphatic heterocycles. The number of carbonyl (C=O) groups is 1. The minimum Gasteiger partial charge on any atom is -0.351 e. The second-order valence-corrected chi connectivity index (χ2v) is 4.45. The maximum Gasteiger partial charge on any atom is 0.293 e. The first-order valence-corrected chi connectivity index (χ1v) is 5.55. The average molecular weight is 223 g/mol. The van der Waals surface area contributed by atoms with Gasteiger partial charge in [0.25, 0.3) is 5.91 Å². The number of hydrogen-bond acceptors (Lipinski definition) is 4. The van der Waals surface area contributed by atoms with Gasteiger partial charge in [-0.2, -0.15) is 0 Å². The Kier molecular flexibility index (Phi) is 2.96. The first kappa shape index (κ1) is 11.1. The number of hydrogen-bond donors (Lipinski definition) is 1. The molecule has 0 aliphatic carbocycles. The van der Waals surface area contributed by atoms with E-state index in [1.807, 2.05) is 18.7 Å². The van der Waals surface area contributed by atoms with Gasteiger partial charge in [0.2, 0.25) is 5.76 Å². The quantitative estimate of drug-likeness (QED) is 0.765. The number of amides is 1. The molecule has 0 bridgehead atoms. The van der Waals surface area contributed by atoms with E-state index in [1.54, 1.807) is 6.20 Å². The van der Waals surface area contributed by atoms with E-state index in [1.165, 1.54) is 0 Å². The zero-order chi connectivity index (χ0) is 11.7. The summed E-state index contributed by atoms with van der Waals surface area (Å²) < 4.78 is 5.00. The highest BCUT2D eigenvalue weighted by atomic mass is 16.5. The number of carbonyl (C=O) groups excluding carboxylic acids is 1. The highest BCUT2D eigenvalue weighted by Crippen LogP contribution is 2.14. The molecule has 0 aromatic carbocycles. The first-order chi connectivity index (χ1) is 7.59. The van der Waals surface area contributed by atoms with Gasteiger partial charge in [-0.25, -0.2) is 0 Å². The standard InChI is InChI=1S/C11H17N3O2/c1-7-4-13-16-10(7)11(15)14-6-8(2)12-5-9(14)3/h4,8-9,12H,5-6H2,1-3H3. The number of aryl methyl sites for hydroxylation is 1. The van der Waals surface area contributed by atoms with Gasteiger partial charge in [0.05, 0.1) is 6.20 Å². The molecule has 5 nitrogen and oxygen atoms in total. The summed E-state index contributed by atoms with van der Waals surface area (Å²) in [5, 5.41) is 6.98. The topological polar surface area (TPSA) is 58.4 Å². The van der Waals surface area contributed by atoms with Crippen molar-refractivity contribution < 1.29 is 9.32 Å². The van der Waals surface area contributed by atoms with Crippen molar-refractivity contribution in [1.82, 2.24) is 15.4 Å². The van der Waals surface area contributed by atoms with Crippen molar-refractivity contribution >= 4 is 5.91 Å². The summed E-state index contributed by atoms with van der Waals surface area (Å²) in [6.07, 6.45) is 1.57. The molecular weight excluding hydrogens is 206 g/mol. The Labute approximate surface area is 94.8 Å². The fourth-order valence-corrected chi connectivity index (χ4v) is 1.93. The smallest absolute Gasteiger partial charge is 0.293 e. The Morgan fingerprint density at radius 1 is 1.62 bits per heavy atom. The van der Waals surface area contributed by atoms with Gasteiger partial charge < -0.3 is 14.7 Å². The Hall–Kier alpha value is -1.36. The Bertz CT molecular complexity index is 388. The van der Waals surface area contributed by atoms with Gasteiger partial charge in [0.15, 0.2) is 0 Å². The van der Waals surface area contributed by atoms with Crippen molar-refractivity contribution in [3.8, 4) is 0 Å². The number of nitrogens with one attached hydrogen (secondary N) is 1. The van der Waals surface area contributed by atoms with Gasteiger partial charge >= 0.3 is 0 Å². The van der Waals surface area contributed by atoms with E-state index < -0.39 is 0 Å². The van der Waals surface area contributed by atoms with Gasteiger partial charge in [0, 0.05) is 30.7 Å². The molecule has 2 rings (SSSR count). The van der Waals surface area contributed by atoms with E-state index in [-0.39, 0.29) is 11.9 Å². The number of piperazine rings is 1. The molecule has 2 atom stereocenters. The molecule has 0 radical (unpaired) electrons. The molecule has 5 heteroatoms. The molecule has 1 N–H and O–H groups in total. The van der Waals surface area contributed by atoms with E-state index in [0.717, 1.165) is 12.1 Å². The van der Waals surface area contributed by atoms with Gasteiger partial charge in [-0.1, -0.05) is 5.16 Å². The molecule has 16 heavy (non-hydrogen) atoms. The maximum absolute atomic E-state index is 12.2. The lowest BCUT2D eigenvalue weighted by molar-refractivity contribution is 0.0573. The van der Waals surface area contributed by atoms with Gasteiger partial charge in [-0.3, -0.25) is 4.79 Å². The van der Waals surface area contributed by atoms with Gasteiger partial charge in [0.1, 0.15) is 0 Å². The molecule has 1 aliphatic rings. The molecule has 1 aromatic heterocycles. The zero-order valence-corrected chi connectivity index (χ0v) is 9.86. The molecule has 2 heterocycles. The largest absolute Gasteiger partial charge is 0.351 e. The third-order valence-electron chi connectivity index (χ3n) is 2.97. The molecule has 1 aromatic rings. The van der Waals surface area contributed by atoms with Crippen LogP contribution in [0, 0.1) is 6.92 Å². The van der Waals surface area contributed by atoms with E-state index >= 15 is 0 Å². The van der Waals surface area contributed by atoms with Crippen LogP contribution in [0.25, 0.3) is 0 Å². The Balaban J connectivity index is 2.18. The summed E-state index contributed by atoms with van der Waals surface area (Å²) in [6.45, 7) is 7.46. The van der Waals surface area contributed by atoms with Crippen LogP contribution in [0.2, 0.25) is 0 Å². The minimum absolute atomic E-state index is 0.0594. The van der Waals surface area contributed by atoms with Gasteiger partial charge in [-0.15, -0.1) is 0 Å². The third kappa shape index (κ3) is 1.95. The van der Waals surface area contributed by atoms with E-state index in [0.29, 0.717) is 18.3 Å². The normalized spacial score (nSPS) is 25.8. The van der Waals surface area contributed by atoms with Crippen LogP contribution >= 0.6 is 0 Å². The molecular formula is C11H17N3O2. The highest BCUT2D eigenvalue weighted by molar-refractivity contribution is 5.93. The Morgan fingerprint density at radius 3 is 3.00 bits per heavy atom. The third-order valence-corrected chi connectivity index (χ3v) is 2.97. The summed E-state index contributed by atoms with van der Waals surface area (Å²) in [6, 6.07) is 0.511. The van der Waals surface area contributed by atoms with E-state index in [2.05, 4.69) is 17.4 Å². The lowest BCUT2D eigenvalue weighted by atomic mass is 10.1. The monoisotopic (exact) mass is 223 g/mol. The molecule has 2 unspecified atom stereocenters. The van der Waals surface area contributed by atoms with E-state index in [4.69, 9.17) is 4.52 Å². The number of aromatic nitrogens is 1. The summed E-state index contributed by atoms with van der Waals surface area (Å²) in [5.41, 5.74) is 0.795. The Morgan fingerprint density at radius 2 is 2.38 bits per heavy atom. The SMILES string of the molecule is Cc1cnoc1C(=O)N1CC(C)NCC1C. The van der Waals surface area contributed by atoms with E-state index in [9.17, 15) is 4.79 Å². The van der Waals surface area contributed by atoms with Crippen molar-refractivity contribution in [3.05, 3.63) is 17.5 Å². The van der Waals surface area contributed by atoms with Crippen LogP contribution in [0.5, 0.6) is 0 Å². The second-order valence-electron chi connectivity index (χ2n) is 4.45. The first-order valence-electron chi connectivity index (χ1n) is 5.55. The summed E-state index contributed by atoms with van der Waals surface area (Å²) in [5.74, 6) is 0.303. The molecule has 1 fully saturated rings. The molecule has 88 valence electrons. The van der Waals surface area contributed by atoms with Crippen LogP contribution in [0.4, 0.5) is 0 Å². The fraction of sp³-hybridized carbons (Fsp3) is 0.636. The summed E-state index contributed by atoms with van der Waals surface area (Å²) in [4.78, 5) is 14.0. The van der Waals surface area contributed by atoms with Crippen molar-refractivity contribution in [2.24, 2.45) is 0 Å². The molecule has 1 saturated heterocycles. The molecule has 0 spiro atoms. The van der Waals surface area contributed by atoms with Crippen LogP contribution in [-0.4, -0.2) is 41.1 Å². The molecule has 1 amide bonds. The van der Waals surface area contributed by atoms with Crippen molar-refractivity contribution in [1.29, 1.82) is 0 Å². The minimum atomic E-state index is -0.0594. The summed E-state index contributed by atoms with van der Waals surface area (Å²) >= 11 is 0. The molecule has 0 saturated carbocycles. The highest BCUT2D eigenvalue weighted by Gasteiger charge is 2.30. The van der Waals surface area contributed by atoms with Crippen LogP contribution in [0.1, 0.15) is 30.0 Å². The lowest BCUT2D eigenvalue weighted by Gasteiger charge is -2.37. The summed E-state index contributed by atoms with van der Waals surface area (Å²) in [7, 11) is 0. The predicted octanol–water partition coefficient (Wildman–Crippen LogP) is 0.805. The maximum atomic E-state index is 12.2. The predicted molar refractivity (Wildman–Crippen MR) is 59.2 cm³/mol. The van der Waals surface area contributed by atoms with Crippen molar-refractivity contribution in [2.75, 3.05) is 13.1 Å². The lowest BCUT2D eigenvalue weighted by Crippen LogP contribution is -2.56. The number of nitrogens with zero attached hydrogens (tertiary/aromatic N) is 2. The fourth-order valence-electron chi connectivity index (χ4n) is 1.93. The van der Waals surface area contributed by atoms with Gasteiger partial charge in [-0.05, 0) is 20.8 Å². The van der Waals surface area contributed by atoms with Crippen LogP contribution < -0.4 is 5.32 Å². The number of rotatable bonds is 1. The second kappa shape index (κ2) is 4.25. The van der Waals surface area contributed by atoms with Crippen LogP contribution in [-0.2, 0) is 0 Å². The van der Waals surface area contributed by atoms with Crippen LogP contribution in [0.3, 0.4) is 0 Å². The van der Waals surface area contributed by atoms with Crippen molar-refractivity contribution in [3.63, 3.8) is 0 Å². The van der Waals surface area contributed by atoms with Crippen LogP contribution in [0.15, 0.2) is 10.7 Å². The van der Waals surface area contributed by atoms with Crippen molar-refractivity contribution in [2.45, 2.75) is 32.9 Å².